The Morgan fingerprint density at radius 2 is 2.00 bits per heavy atom. The van der Waals surface area contributed by atoms with Gasteiger partial charge in [0.2, 0.25) is 0 Å². The average molecular weight is 128 g/mol. The van der Waals surface area contributed by atoms with Crippen LogP contribution in [0.15, 0.2) is 0 Å². The first kappa shape index (κ1) is 6.88. The van der Waals surface area contributed by atoms with Gasteiger partial charge in [-0.2, -0.15) is 8.78 Å². The summed E-state index contributed by atoms with van der Waals surface area (Å²) >= 11 is 3.77. The summed E-state index contributed by atoms with van der Waals surface area (Å²) in [6.07, 6.45) is 0. The van der Waals surface area contributed by atoms with Crippen molar-refractivity contribution in [2.24, 2.45) is 0 Å². The van der Waals surface area contributed by atoms with Gasteiger partial charge in [-0.3, -0.25) is 0 Å². The maximum Gasteiger partial charge on any atom is 0.304 e. The van der Waals surface area contributed by atoms with Crippen LogP contribution in [0.2, 0.25) is 0 Å². The van der Waals surface area contributed by atoms with Gasteiger partial charge in [-0.05, 0) is 0 Å². The molecule has 0 amide bonds. The molecule has 0 saturated carbocycles. The van der Waals surface area contributed by atoms with Gasteiger partial charge in [-0.1, -0.05) is 12.2 Å². The summed E-state index contributed by atoms with van der Waals surface area (Å²) in [6, 6.07) is 0. The topological polar surface area (TPSA) is 0 Å². The monoisotopic (exact) mass is 128 g/mol. The Hall–Kier alpha value is -0.120. The highest BCUT2D eigenvalue weighted by Crippen LogP contribution is 2.09. The molecule has 0 heterocycles. The van der Waals surface area contributed by atoms with E-state index >= 15 is 0 Å². The highest BCUT2D eigenvalue weighted by atomic mass is 32.1. The maximum absolute atomic E-state index is 11.3. The first-order valence-electron chi connectivity index (χ1n) is 1.52. The van der Waals surface area contributed by atoms with E-state index in [1.165, 1.54) is 0 Å². The zero-order valence-corrected chi connectivity index (χ0v) is 4.14. The molecule has 0 radical (unpaired) electrons. The fourth-order valence-electron chi connectivity index (χ4n) is 0.0315. The van der Waals surface area contributed by atoms with Crippen LogP contribution in [0.4, 0.5) is 13.2 Å². The summed E-state index contributed by atoms with van der Waals surface area (Å²) in [6.45, 7) is -1.70. The number of halogens is 3. The molecule has 0 aromatic carbocycles. The lowest BCUT2D eigenvalue weighted by atomic mass is 10.4. The summed E-state index contributed by atoms with van der Waals surface area (Å²) in [5.41, 5.74) is 0. The summed E-state index contributed by atoms with van der Waals surface area (Å²) in [7, 11) is 0. The zero-order chi connectivity index (χ0) is 5.91. The van der Waals surface area contributed by atoms with E-state index in [4.69, 9.17) is 0 Å². The molecule has 0 spiro atoms. The van der Waals surface area contributed by atoms with Crippen LogP contribution >= 0.6 is 12.2 Å². The maximum atomic E-state index is 11.3. The van der Waals surface area contributed by atoms with Gasteiger partial charge in [0.05, 0.1) is 5.37 Å². The molecule has 0 aromatic rings. The Balaban J connectivity index is 3.58. The SMILES string of the molecule is FCC(F)(F)C=S. The highest BCUT2D eigenvalue weighted by Gasteiger charge is 2.24. The normalized spacial score (nSPS) is 11.3. The minimum absolute atomic E-state index is 0.118. The first-order chi connectivity index (χ1) is 3.12. The Bertz CT molecular complexity index is 70.6. The van der Waals surface area contributed by atoms with E-state index in [0.717, 1.165) is 0 Å². The molecule has 0 N–H and O–H groups in total. The Labute approximate surface area is 44.3 Å². The molecule has 0 rings (SSSR count). The smallest absolute Gasteiger partial charge is 0.244 e. The van der Waals surface area contributed by atoms with E-state index in [1.54, 1.807) is 0 Å². The third-order valence-electron chi connectivity index (χ3n) is 0.351. The molecule has 0 fully saturated rings. The van der Waals surface area contributed by atoms with Crippen molar-refractivity contribution >= 4 is 17.6 Å². The van der Waals surface area contributed by atoms with Gasteiger partial charge in [0, 0.05) is 0 Å². The molecular formula is C3H3F3S. The van der Waals surface area contributed by atoms with Crippen LogP contribution < -0.4 is 0 Å². The van der Waals surface area contributed by atoms with E-state index < -0.39 is 12.6 Å². The minimum Gasteiger partial charge on any atom is -0.244 e. The predicted octanol–water partition coefficient (Wildman–Crippen LogP) is 1.59. The van der Waals surface area contributed by atoms with Gasteiger partial charge < -0.3 is 0 Å². The first-order valence-corrected chi connectivity index (χ1v) is 1.99. The molecule has 0 nitrogen and oxygen atoms in total. The standard InChI is InChI=1S/C3H3F3S/c4-1-3(5,6)2-7/h2H,1H2. The van der Waals surface area contributed by atoms with E-state index in [9.17, 15) is 13.2 Å². The molecular weight excluding hydrogens is 125 g/mol. The lowest BCUT2D eigenvalue weighted by molar-refractivity contribution is 0.0561. The van der Waals surface area contributed by atoms with Crippen LogP contribution in [0.3, 0.4) is 0 Å². The van der Waals surface area contributed by atoms with Gasteiger partial charge in [0.15, 0.2) is 6.67 Å². The van der Waals surface area contributed by atoms with Crippen molar-refractivity contribution in [3.05, 3.63) is 0 Å². The summed E-state index contributed by atoms with van der Waals surface area (Å²) in [5.74, 6) is -3.39. The van der Waals surface area contributed by atoms with Crippen molar-refractivity contribution in [2.75, 3.05) is 6.67 Å². The third kappa shape index (κ3) is 2.56. The molecule has 0 unspecified atom stereocenters. The minimum atomic E-state index is -3.39. The summed E-state index contributed by atoms with van der Waals surface area (Å²) in [5, 5.41) is 0.118. The van der Waals surface area contributed by atoms with E-state index in [-0.39, 0.29) is 5.37 Å². The van der Waals surface area contributed by atoms with Crippen LogP contribution in [0.25, 0.3) is 0 Å². The second kappa shape index (κ2) is 2.26. The van der Waals surface area contributed by atoms with Gasteiger partial charge in [0.1, 0.15) is 0 Å². The number of hydrogen-bond acceptors (Lipinski definition) is 1. The molecule has 42 valence electrons. The Kier molecular flexibility index (Phi) is 2.22. The number of alkyl halides is 3. The van der Waals surface area contributed by atoms with Crippen LogP contribution in [-0.4, -0.2) is 18.0 Å². The third-order valence-corrected chi connectivity index (χ3v) is 0.695. The molecule has 0 aliphatic heterocycles. The summed E-state index contributed by atoms with van der Waals surface area (Å²) < 4.78 is 33.6. The average Bonchev–Trinajstić information content (AvgIpc) is 1.68. The van der Waals surface area contributed by atoms with E-state index in [2.05, 4.69) is 12.2 Å². The van der Waals surface area contributed by atoms with Crippen molar-refractivity contribution in [1.29, 1.82) is 0 Å². The van der Waals surface area contributed by atoms with Crippen LogP contribution in [0.1, 0.15) is 0 Å². The van der Waals surface area contributed by atoms with E-state index in [0.29, 0.717) is 0 Å². The van der Waals surface area contributed by atoms with Crippen LogP contribution in [0, 0.1) is 0 Å². The van der Waals surface area contributed by atoms with Crippen molar-refractivity contribution < 1.29 is 13.2 Å². The predicted molar refractivity (Wildman–Crippen MR) is 24.6 cm³/mol. The van der Waals surface area contributed by atoms with Crippen LogP contribution in [0.5, 0.6) is 0 Å². The molecule has 0 bridgehead atoms. The van der Waals surface area contributed by atoms with Crippen LogP contribution in [-0.2, 0) is 0 Å². The lowest BCUT2D eigenvalue weighted by Crippen LogP contribution is -2.18. The summed E-state index contributed by atoms with van der Waals surface area (Å²) in [4.78, 5) is 0. The van der Waals surface area contributed by atoms with Crippen molar-refractivity contribution in [1.82, 2.24) is 0 Å². The Morgan fingerprint density at radius 3 is 2.00 bits per heavy atom. The van der Waals surface area contributed by atoms with Crippen molar-refractivity contribution in [3.63, 3.8) is 0 Å². The van der Waals surface area contributed by atoms with Gasteiger partial charge in [-0.25, -0.2) is 4.39 Å². The van der Waals surface area contributed by atoms with Gasteiger partial charge in [-0.15, -0.1) is 0 Å². The quantitative estimate of drug-likeness (QED) is 0.509. The fraction of sp³-hybridized carbons (Fsp3) is 0.667. The second-order valence-corrected chi connectivity index (χ2v) is 1.25. The van der Waals surface area contributed by atoms with Crippen molar-refractivity contribution in [3.8, 4) is 0 Å². The zero-order valence-electron chi connectivity index (χ0n) is 3.33. The van der Waals surface area contributed by atoms with Gasteiger partial charge >= 0.3 is 5.92 Å². The van der Waals surface area contributed by atoms with E-state index in [1.807, 2.05) is 0 Å². The lowest BCUT2D eigenvalue weighted by Gasteiger charge is -2.00. The van der Waals surface area contributed by atoms with Crippen molar-refractivity contribution in [2.45, 2.75) is 5.92 Å². The largest absolute Gasteiger partial charge is 0.304 e. The number of rotatable bonds is 2. The molecule has 0 saturated heterocycles. The Morgan fingerprint density at radius 1 is 1.57 bits per heavy atom. The van der Waals surface area contributed by atoms with Gasteiger partial charge in [0.25, 0.3) is 0 Å². The number of hydrogen-bond donors (Lipinski definition) is 0. The highest BCUT2D eigenvalue weighted by molar-refractivity contribution is 7.79. The second-order valence-electron chi connectivity index (χ2n) is 1.01. The molecule has 0 atom stereocenters. The molecule has 0 aliphatic rings. The molecule has 0 aromatic heterocycles. The fourth-order valence-corrected chi connectivity index (χ4v) is 0.0945. The molecule has 4 heteroatoms. The molecule has 7 heavy (non-hydrogen) atoms. The molecule has 0 aliphatic carbocycles. The number of thiocarbonyl (C=S) groups is 1.